The molecule has 1 aromatic rings. The molecule has 2 aliphatic rings. The smallest absolute Gasteiger partial charge is 0.255 e. The summed E-state index contributed by atoms with van der Waals surface area (Å²) in [6.07, 6.45) is 4.20. The van der Waals surface area contributed by atoms with E-state index in [1.165, 1.54) is 6.20 Å². The predicted molar refractivity (Wildman–Crippen MR) is 99.3 cm³/mol. The van der Waals surface area contributed by atoms with Crippen molar-refractivity contribution in [3.05, 3.63) is 22.8 Å². The third kappa shape index (κ3) is 4.45. The van der Waals surface area contributed by atoms with Crippen molar-refractivity contribution in [3.8, 4) is 0 Å². The van der Waals surface area contributed by atoms with E-state index in [4.69, 9.17) is 11.6 Å². The fourth-order valence-corrected chi connectivity index (χ4v) is 3.72. The van der Waals surface area contributed by atoms with Crippen LogP contribution in [0.25, 0.3) is 0 Å². The number of rotatable bonds is 3. The molecule has 1 atom stereocenters. The number of halogens is 1. The first-order valence-corrected chi connectivity index (χ1v) is 9.47. The van der Waals surface area contributed by atoms with Gasteiger partial charge in [0, 0.05) is 45.3 Å². The molecule has 0 saturated carbocycles. The molecule has 8 heteroatoms. The van der Waals surface area contributed by atoms with E-state index in [-0.39, 0.29) is 17.9 Å². The summed E-state index contributed by atoms with van der Waals surface area (Å²) in [6.45, 7) is 3.99. The standard InChI is InChI=1S/C18H25ClN4O3/c1-12(24)22-7-4-13(5-8-22)21-17-9-15(16(19)10-20-17)18(26)23-6-2-3-14(25)11-23/h9-10,13-14,25H,2-8,11H2,1H3,(H,20,21). The van der Waals surface area contributed by atoms with E-state index in [1.807, 2.05) is 4.90 Å². The Morgan fingerprint density at radius 2 is 1.96 bits per heavy atom. The number of hydrogen-bond donors (Lipinski definition) is 2. The zero-order valence-corrected chi connectivity index (χ0v) is 15.7. The van der Waals surface area contributed by atoms with Crippen LogP contribution in [0.2, 0.25) is 5.02 Å². The second-order valence-corrected chi connectivity index (χ2v) is 7.43. The van der Waals surface area contributed by atoms with Crippen LogP contribution >= 0.6 is 11.6 Å². The van der Waals surface area contributed by atoms with Gasteiger partial charge in [-0.25, -0.2) is 4.98 Å². The maximum atomic E-state index is 12.8. The molecule has 142 valence electrons. The van der Waals surface area contributed by atoms with Crippen molar-refractivity contribution in [1.29, 1.82) is 0 Å². The Morgan fingerprint density at radius 1 is 1.23 bits per heavy atom. The second kappa shape index (κ2) is 8.22. The predicted octanol–water partition coefficient (Wildman–Crippen LogP) is 1.75. The summed E-state index contributed by atoms with van der Waals surface area (Å²) < 4.78 is 0. The van der Waals surface area contributed by atoms with E-state index < -0.39 is 6.10 Å². The number of nitrogens with zero attached hydrogens (tertiary/aromatic N) is 3. The van der Waals surface area contributed by atoms with Gasteiger partial charge in [0.25, 0.3) is 5.91 Å². The highest BCUT2D eigenvalue weighted by Gasteiger charge is 2.26. The highest BCUT2D eigenvalue weighted by molar-refractivity contribution is 6.33. The quantitative estimate of drug-likeness (QED) is 0.834. The number of likely N-dealkylation sites (tertiary alicyclic amines) is 2. The van der Waals surface area contributed by atoms with Crippen molar-refractivity contribution in [2.75, 3.05) is 31.5 Å². The number of nitrogens with one attached hydrogen (secondary N) is 1. The minimum atomic E-state index is -0.475. The van der Waals surface area contributed by atoms with Crippen molar-refractivity contribution >= 4 is 29.2 Å². The van der Waals surface area contributed by atoms with E-state index in [9.17, 15) is 14.7 Å². The first-order chi connectivity index (χ1) is 12.4. The van der Waals surface area contributed by atoms with Gasteiger partial charge in [-0.05, 0) is 31.7 Å². The number of carbonyl (C=O) groups is 2. The van der Waals surface area contributed by atoms with Gasteiger partial charge in [-0.1, -0.05) is 11.6 Å². The van der Waals surface area contributed by atoms with Crippen LogP contribution in [0.1, 0.15) is 43.0 Å². The van der Waals surface area contributed by atoms with E-state index in [2.05, 4.69) is 10.3 Å². The molecule has 7 nitrogen and oxygen atoms in total. The third-order valence-electron chi connectivity index (χ3n) is 5.06. The average Bonchev–Trinajstić information content (AvgIpc) is 2.63. The van der Waals surface area contributed by atoms with Crippen molar-refractivity contribution in [1.82, 2.24) is 14.8 Å². The van der Waals surface area contributed by atoms with E-state index in [0.29, 0.717) is 29.5 Å². The highest BCUT2D eigenvalue weighted by Crippen LogP contribution is 2.23. The minimum absolute atomic E-state index is 0.102. The number of β-amino-alcohol motifs (C(OH)–C–C–N with tert-alkyl or cyclic N) is 1. The summed E-state index contributed by atoms with van der Waals surface area (Å²) in [7, 11) is 0. The molecule has 0 radical (unpaired) electrons. The molecule has 0 aliphatic carbocycles. The molecule has 0 spiro atoms. The van der Waals surface area contributed by atoms with Crippen molar-refractivity contribution in [2.45, 2.75) is 44.8 Å². The van der Waals surface area contributed by atoms with Gasteiger partial charge in [0.15, 0.2) is 0 Å². The molecular formula is C18H25ClN4O3. The molecule has 0 aromatic carbocycles. The number of carbonyl (C=O) groups excluding carboxylic acids is 2. The molecule has 2 saturated heterocycles. The topological polar surface area (TPSA) is 85.8 Å². The van der Waals surface area contributed by atoms with Crippen LogP contribution in [0.5, 0.6) is 0 Å². The molecule has 0 bridgehead atoms. The maximum absolute atomic E-state index is 12.8. The number of pyridine rings is 1. The van der Waals surface area contributed by atoms with Crippen LogP contribution in [0, 0.1) is 0 Å². The molecule has 3 rings (SSSR count). The zero-order chi connectivity index (χ0) is 18.7. The Bertz CT molecular complexity index is 676. The van der Waals surface area contributed by atoms with Crippen LogP contribution in [-0.4, -0.2) is 70.0 Å². The second-order valence-electron chi connectivity index (χ2n) is 7.02. The number of aliphatic hydroxyl groups is 1. The van der Waals surface area contributed by atoms with Crippen LogP contribution in [0.3, 0.4) is 0 Å². The first-order valence-electron chi connectivity index (χ1n) is 9.09. The average molecular weight is 381 g/mol. The van der Waals surface area contributed by atoms with Gasteiger partial charge >= 0.3 is 0 Å². The van der Waals surface area contributed by atoms with Gasteiger partial charge in [-0.15, -0.1) is 0 Å². The fourth-order valence-electron chi connectivity index (χ4n) is 3.54. The van der Waals surface area contributed by atoms with Gasteiger partial charge < -0.3 is 20.2 Å². The number of amides is 2. The van der Waals surface area contributed by atoms with Crippen LogP contribution in [0.4, 0.5) is 5.82 Å². The lowest BCUT2D eigenvalue weighted by Crippen LogP contribution is -2.42. The molecule has 2 N–H and O–H groups in total. The summed E-state index contributed by atoms with van der Waals surface area (Å²) in [6, 6.07) is 1.89. The van der Waals surface area contributed by atoms with Gasteiger partial charge in [-0.3, -0.25) is 9.59 Å². The molecule has 3 heterocycles. The Balaban J connectivity index is 1.66. The SMILES string of the molecule is CC(=O)N1CCC(Nc2cc(C(=O)N3CCCC(O)C3)c(Cl)cn2)CC1. The molecule has 1 unspecified atom stereocenters. The Kier molecular flexibility index (Phi) is 5.98. The van der Waals surface area contributed by atoms with Crippen LogP contribution < -0.4 is 5.32 Å². The Labute approximate surface area is 158 Å². The molecule has 2 amide bonds. The number of piperidine rings is 2. The molecule has 1 aromatic heterocycles. The van der Waals surface area contributed by atoms with E-state index in [1.54, 1.807) is 17.9 Å². The first kappa shape index (κ1) is 18.9. The third-order valence-corrected chi connectivity index (χ3v) is 5.36. The van der Waals surface area contributed by atoms with Crippen molar-refractivity contribution < 1.29 is 14.7 Å². The van der Waals surface area contributed by atoms with Crippen molar-refractivity contribution in [2.24, 2.45) is 0 Å². The summed E-state index contributed by atoms with van der Waals surface area (Å²) in [5.41, 5.74) is 0.402. The molecule has 2 fully saturated rings. The lowest BCUT2D eigenvalue weighted by molar-refractivity contribution is -0.129. The zero-order valence-electron chi connectivity index (χ0n) is 14.9. The molecule has 2 aliphatic heterocycles. The fraction of sp³-hybridized carbons (Fsp3) is 0.611. The Hall–Kier alpha value is -1.86. The molecular weight excluding hydrogens is 356 g/mol. The largest absolute Gasteiger partial charge is 0.391 e. The van der Waals surface area contributed by atoms with Gasteiger partial charge in [0.05, 0.1) is 16.7 Å². The Morgan fingerprint density at radius 3 is 2.62 bits per heavy atom. The summed E-state index contributed by atoms with van der Waals surface area (Å²) in [5.74, 6) is 0.534. The molecule has 26 heavy (non-hydrogen) atoms. The maximum Gasteiger partial charge on any atom is 0.255 e. The van der Waals surface area contributed by atoms with E-state index >= 15 is 0 Å². The monoisotopic (exact) mass is 380 g/mol. The summed E-state index contributed by atoms with van der Waals surface area (Å²) in [4.78, 5) is 31.9. The van der Waals surface area contributed by atoms with E-state index in [0.717, 1.165) is 38.8 Å². The summed E-state index contributed by atoms with van der Waals surface area (Å²) in [5, 5.41) is 13.5. The van der Waals surface area contributed by atoms with Gasteiger partial charge in [-0.2, -0.15) is 0 Å². The lowest BCUT2D eigenvalue weighted by Gasteiger charge is -2.32. The summed E-state index contributed by atoms with van der Waals surface area (Å²) >= 11 is 6.20. The van der Waals surface area contributed by atoms with Gasteiger partial charge in [0.1, 0.15) is 5.82 Å². The van der Waals surface area contributed by atoms with Crippen LogP contribution in [0.15, 0.2) is 12.3 Å². The number of aliphatic hydroxyl groups excluding tert-OH is 1. The number of aromatic nitrogens is 1. The lowest BCUT2D eigenvalue weighted by atomic mass is 10.0. The van der Waals surface area contributed by atoms with Crippen LogP contribution in [-0.2, 0) is 4.79 Å². The van der Waals surface area contributed by atoms with Gasteiger partial charge in [0.2, 0.25) is 5.91 Å². The normalized spacial score (nSPS) is 21.6. The highest BCUT2D eigenvalue weighted by atomic mass is 35.5. The minimum Gasteiger partial charge on any atom is -0.391 e. The van der Waals surface area contributed by atoms with Crippen molar-refractivity contribution in [3.63, 3.8) is 0 Å². The number of anilines is 1. The number of hydrogen-bond acceptors (Lipinski definition) is 5.